The predicted octanol–water partition coefficient (Wildman–Crippen LogP) is 3.10. The van der Waals surface area contributed by atoms with Crippen LogP contribution in [0.5, 0.6) is 5.75 Å². The fourth-order valence-corrected chi connectivity index (χ4v) is 2.92. The molecule has 0 aliphatic carbocycles. The number of hydrogen-bond donors (Lipinski definition) is 0. The first-order valence-electron chi connectivity index (χ1n) is 6.88. The zero-order valence-corrected chi connectivity index (χ0v) is 13.3. The van der Waals surface area contributed by atoms with Crippen LogP contribution in [0, 0.1) is 0 Å². The molecular weight excluding hydrogens is 318 g/mol. The summed E-state index contributed by atoms with van der Waals surface area (Å²) in [5.41, 5.74) is 0.320. The molecular formula is C16H13NO5S. The molecule has 2 aromatic heterocycles. The summed E-state index contributed by atoms with van der Waals surface area (Å²) in [6.07, 6.45) is 0. The van der Waals surface area contributed by atoms with Crippen molar-refractivity contribution < 1.29 is 18.7 Å². The van der Waals surface area contributed by atoms with Gasteiger partial charge in [0.1, 0.15) is 5.01 Å². The Kier molecular flexibility index (Phi) is 4.12. The normalized spacial score (nSPS) is 10.7. The molecule has 0 saturated heterocycles. The number of fused-ring (bicyclic) bond motifs is 1. The van der Waals surface area contributed by atoms with Crippen molar-refractivity contribution in [2.24, 2.45) is 0 Å². The van der Waals surface area contributed by atoms with E-state index in [1.165, 1.54) is 18.4 Å². The number of ether oxygens (including phenoxy) is 2. The van der Waals surface area contributed by atoms with Crippen molar-refractivity contribution in [1.29, 1.82) is 0 Å². The van der Waals surface area contributed by atoms with Crippen LogP contribution in [0.1, 0.15) is 17.4 Å². The molecule has 3 rings (SSSR count). The lowest BCUT2D eigenvalue weighted by atomic mass is 10.2. The third-order valence-corrected chi connectivity index (χ3v) is 4.04. The summed E-state index contributed by atoms with van der Waals surface area (Å²) in [5, 5.41) is 2.68. The minimum atomic E-state index is -0.535. The lowest BCUT2D eigenvalue weighted by Crippen LogP contribution is -2.06. The number of aromatic nitrogens is 1. The predicted molar refractivity (Wildman–Crippen MR) is 86.1 cm³/mol. The Hall–Kier alpha value is -2.67. The van der Waals surface area contributed by atoms with Crippen LogP contribution >= 0.6 is 11.3 Å². The van der Waals surface area contributed by atoms with Crippen molar-refractivity contribution in [3.8, 4) is 16.3 Å². The number of esters is 1. The van der Waals surface area contributed by atoms with Gasteiger partial charge in [0.15, 0.2) is 17.0 Å². The van der Waals surface area contributed by atoms with Crippen LogP contribution in [-0.4, -0.2) is 24.7 Å². The third kappa shape index (κ3) is 2.83. The van der Waals surface area contributed by atoms with Gasteiger partial charge < -0.3 is 13.9 Å². The van der Waals surface area contributed by atoms with E-state index in [-0.39, 0.29) is 12.3 Å². The number of carbonyl (C=O) groups excluding carboxylic acids is 1. The lowest BCUT2D eigenvalue weighted by molar-refractivity contribution is 0.0520. The summed E-state index contributed by atoms with van der Waals surface area (Å²) in [6.45, 7) is 1.99. The van der Waals surface area contributed by atoms with Crippen LogP contribution in [0.4, 0.5) is 0 Å². The maximum Gasteiger partial charge on any atom is 0.357 e. The number of benzene rings is 1. The monoisotopic (exact) mass is 331 g/mol. The number of thiazole rings is 1. The van der Waals surface area contributed by atoms with Gasteiger partial charge in [0.05, 0.1) is 19.3 Å². The first kappa shape index (κ1) is 15.2. The highest BCUT2D eigenvalue weighted by molar-refractivity contribution is 7.13. The van der Waals surface area contributed by atoms with Crippen LogP contribution in [-0.2, 0) is 4.74 Å². The van der Waals surface area contributed by atoms with Gasteiger partial charge in [-0.15, -0.1) is 11.3 Å². The summed E-state index contributed by atoms with van der Waals surface area (Å²) in [4.78, 5) is 28.1. The fourth-order valence-electron chi connectivity index (χ4n) is 2.12. The van der Waals surface area contributed by atoms with Gasteiger partial charge in [0.2, 0.25) is 0 Å². The van der Waals surface area contributed by atoms with E-state index in [1.54, 1.807) is 30.5 Å². The number of para-hydroxylation sites is 1. The standard InChI is InChI=1S/C16H13NO5S/c1-3-21-16(19)11-8-23-14(17-11)10-7-9-5-4-6-12(20-2)13(9)22-15(10)18/h4-8H,3H2,1-2H3. The fraction of sp³-hybridized carbons (Fsp3) is 0.188. The van der Waals surface area contributed by atoms with E-state index in [0.29, 0.717) is 27.3 Å². The second-order valence-electron chi connectivity index (χ2n) is 4.58. The van der Waals surface area contributed by atoms with E-state index in [2.05, 4.69) is 4.98 Å². The SMILES string of the molecule is CCOC(=O)c1csc(-c2cc3cccc(OC)c3oc2=O)n1. The van der Waals surface area contributed by atoms with Gasteiger partial charge in [0.25, 0.3) is 0 Å². The van der Waals surface area contributed by atoms with Gasteiger partial charge in [-0.3, -0.25) is 0 Å². The van der Waals surface area contributed by atoms with E-state index < -0.39 is 11.6 Å². The molecule has 0 amide bonds. The molecule has 7 heteroatoms. The summed E-state index contributed by atoms with van der Waals surface area (Å²) < 4.78 is 15.4. The van der Waals surface area contributed by atoms with E-state index in [9.17, 15) is 9.59 Å². The van der Waals surface area contributed by atoms with Crippen molar-refractivity contribution in [2.45, 2.75) is 6.92 Å². The highest BCUT2D eigenvalue weighted by Crippen LogP contribution is 2.28. The third-order valence-electron chi connectivity index (χ3n) is 3.16. The Bertz CT molecular complexity index is 928. The highest BCUT2D eigenvalue weighted by Gasteiger charge is 2.17. The maximum atomic E-state index is 12.2. The molecule has 118 valence electrons. The molecule has 0 aliphatic heterocycles. The number of hydrogen-bond acceptors (Lipinski definition) is 7. The Balaban J connectivity index is 2.09. The zero-order valence-electron chi connectivity index (χ0n) is 12.5. The van der Waals surface area contributed by atoms with Gasteiger partial charge in [-0.1, -0.05) is 12.1 Å². The Morgan fingerprint density at radius 2 is 2.22 bits per heavy atom. The molecule has 0 saturated carbocycles. The number of rotatable bonds is 4. The van der Waals surface area contributed by atoms with E-state index >= 15 is 0 Å². The van der Waals surface area contributed by atoms with Crippen LogP contribution in [0.25, 0.3) is 21.5 Å². The minimum absolute atomic E-state index is 0.178. The first-order valence-corrected chi connectivity index (χ1v) is 7.76. The summed E-state index contributed by atoms with van der Waals surface area (Å²) in [5.74, 6) is -0.0284. The van der Waals surface area contributed by atoms with Crippen LogP contribution in [0.2, 0.25) is 0 Å². The molecule has 0 bridgehead atoms. The summed E-state index contributed by atoms with van der Waals surface area (Å²) in [7, 11) is 1.51. The van der Waals surface area contributed by atoms with Crippen molar-refractivity contribution in [1.82, 2.24) is 4.98 Å². The average molecular weight is 331 g/mol. The van der Waals surface area contributed by atoms with Gasteiger partial charge in [0, 0.05) is 10.8 Å². The minimum Gasteiger partial charge on any atom is -0.493 e. The molecule has 0 atom stereocenters. The molecule has 3 aromatic rings. The maximum absolute atomic E-state index is 12.2. The van der Waals surface area contributed by atoms with Gasteiger partial charge in [-0.25, -0.2) is 14.6 Å². The van der Waals surface area contributed by atoms with E-state index in [0.717, 1.165) is 0 Å². The molecule has 0 unspecified atom stereocenters. The first-order chi connectivity index (χ1) is 11.1. The molecule has 23 heavy (non-hydrogen) atoms. The quantitative estimate of drug-likeness (QED) is 0.540. The van der Waals surface area contributed by atoms with Crippen LogP contribution in [0.15, 0.2) is 38.9 Å². The molecule has 0 N–H and O–H groups in total. The Morgan fingerprint density at radius 3 is 2.96 bits per heavy atom. The molecule has 2 heterocycles. The van der Waals surface area contributed by atoms with Crippen LogP contribution < -0.4 is 10.4 Å². The molecule has 1 aromatic carbocycles. The van der Waals surface area contributed by atoms with Crippen molar-refractivity contribution in [2.75, 3.05) is 13.7 Å². The van der Waals surface area contributed by atoms with Crippen molar-refractivity contribution >= 4 is 28.3 Å². The highest BCUT2D eigenvalue weighted by atomic mass is 32.1. The molecule has 0 radical (unpaired) electrons. The second-order valence-corrected chi connectivity index (χ2v) is 5.44. The number of nitrogens with zero attached hydrogens (tertiary/aromatic N) is 1. The Morgan fingerprint density at radius 1 is 1.39 bits per heavy atom. The summed E-state index contributed by atoms with van der Waals surface area (Å²) >= 11 is 1.19. The Labute approximate surface area is 135 Å². The van der Waals surface area contributed by atoms with E-state index in [4.69, 9.17) is 13.9 Å². The lowest BCUT2D eigenvalue weighted by Gasteiger charge is -2.04. The van der Waals surface area contributed by atoms with Gasteiger partial charge in [-0.05, 0) is 19.1 Å². The average Bonchev–Trinajstić information content (AvgIpc) is 3.04. The van der Waals surface area contributed by atoms with Gasteiger partial charge >= 0.3 is 11.6 Å². The smallest absolute Gasteiger partial charge is 0.357 e. The topological polar surface area (TPSA) is 78.6 Å². The second kappa shape index (κ2) is 6.21. The van der Waals surface area contributed by atoms with Crippen molar-refractivity contribution in [3.05, 3.63) is 45.8 Å². The molecule has 0 fully saturated rings. The number of carbonyl (C=O) groups is 1. The molecule has 0 aliphatic rings. The van der Waals surface area contributed by atoms with Crippen molar-refractivity contribution in [3.63, 3.8) is 0 Å². The van der Waals surface area contributed by atoms with Crippen LogP contribution in [0.3, 0.4) is 0 Å². The molecule has 0 spiro atoms. The molecule has 6 nitrogen and oxygen atoms in total. The largest absolute Gasteiger partial charge is 0.493 e. The summed E-state index contributed by atoms with van der Waals surface area (Å²) in [6, 6.07) is 7.01. The number of methoxy groups -OCH3 is 1. The van der Waals surface area contributed by atoms with E-state index in [1.807, 2.05) is 6.07 Å². The zero-order chi connectivity index (χ0) is 16.4. The van der Waals surface area contributed by atoms with Gasteiger partial charge in [-0.2, -0.15) is 0 Å².